The average molecular weight is 424 g/mol. The normalized spacial score (nSPS) is 11.3. The third kappa shape index (κ3) is 4.00. The van der Waals surface area contributed by atoms with Crippen molar-refractivity contribution in [2.75, 3.05) is 6.61 Å². The molecule has 0 fully saturated rings. The number of esters is 1. The molecule has 0 N–H and O–H groups in total. The maximum Gasteiger partial charge on any atom is 0.434 e. The van der Waals surface area contributed by atoms with Gasteiger partial charge in [0.15, 0.2) is 17.8 Å². The highest BCUT2D eigenvalue weighted by Crippen LogP contribution is 2.34. The fourth-order valence-electron chi connectivity index (χ4n) is 2.72. The molecule has 0 saturated heterocycles. The number of rotatable bonds is 5. The standard InChI is InChI=1S/C19H13ClF3N3O3/c1-2-29-18(28)12-9-24-26(17(12)19(21,22)23)16-8-4-7-15(25-16)11-5-3-6-14(20)13(11)10-27/h3-10H,2H2,1H3. The topological polar surface area (TPSA) is 74.1 Å². The van der Waals surface area contributed by atoms with Crippen molar-refractivity contribution in [3.8, 4) is 17.1 Å². The molecule has 0 bridgehead atoms. The van der Waals surface area contributed by atoms with Crippen molar-refractivity contribution in [2.45, 2.75) is 13.1 Å². The van der Waals surface area contributed by atoms with Crippen molar-refractivity contribution in [3.05, 3.63) is 64.4 Å². The van der Waals surface area contributed by atoms with Crippen LogP contribution in [0, 0.1) is 0 Å². The number of halogens is 4. The highest BCUT2D eigenvalue weighted by Gasteiger charge is 2.41. The van der Waals surface area contributed by atoms with Crippen LogP contribution in [0.25, 0.3) is 17.1 Å². The Bertz CT molecular complexity index is 1080. The number of ether oxygens (including phenoxy) is 1. The molecule has 2 aromatic heterocycles. The highest BCUT2D eigenvalue weighted by atomic mass is 35.5. The van der Waals surface area contributed by atoms with E-state index < -0.39 is 23.4 Å². The number of hydrogen-bond donors (Lipinski definition) is 0. The molecule has 10 heteroatoms. The van der Waals surface area contributed by atoms with Gasteiger partial charge < -0.3 is 4.74 Å². The Morgan fingerprint density at radius 1 is 1.24 bits per heavy atom. The Balaban J connectivity index is 2.17. The summed E-state index contributed by atoms with van der Waals surface area (Å²) in [6.45, 7) is 1.40. The van der Waals surface area contributed by atoms with Gasteiger partial charge in [-0.15, -0.1) is 0 Å². The molecule has 0 aliphatic rings. The van der Waals surface area contributed by atoms with Gasteiger partial charge in [0.2, 0.25) is 0 Å². The van der Waals surface area contributed by atoms with E-state index in [4.69, 9.17) is 11.6 Å². The van der Waals surface area contributed by atoms with Gasteiger partial charge >= 0.3 is 12.1 Å². The molecule has 0 aliphatic carbocycles. The zero-order chi connectivity index (χ0) is 21.2. The van der Waals surface area contributed by atoms with Gasteiger partial charge in [-0.2, -0.15) is 18.3 Å². The summed E-state index contributed by atoms with van der Waals surface area (Å²) in [5.74, 6) is -1.33. The van der Waals surface area contributed by atoms with Crippen LogP contribution in [-0.4, -0.2) is 33.6 Å². The molecule has 0 radical (unpaired) electrons. The molecule has 0 aliphatic heterocycles. The number of benzene rings is 1. The fourth-order valence-corrected chi connectivity index (χ4v) is 2.94. The summed E-state index contributed by atoms with van der Waals surface area (Å²) in [5, 5.41) is 3.87. The second-order valence-electron chi connectivity index (χ2n) is 5.74. The van der Waals surface area contributed by atoms with Crippen LogP contribution in [0.1, 0.15) is 33.3 Å². The van der Waals surface area contributed by atoms with Gasteiger partial charge in [0, 0.05) is 11.1 Å². The number of hydrogen-bond acceptors (Lipinski definition) is 5. The second kappa shape index (κ2) is 8.04. The number of nitrogens with zero attached hydrogens (tertiary/aromatic N) is 3. The molecule has 1 aromatic carbocycles. The van der Waals surface area contributed by atoms with Crippen molar-refractivity contribution in [2.24, 2.45) is 0 Å². The van der Waals surface area contributed by atoms with E-state index >= 15 is 0 Å². The molecule has 29 heavy (non-hydrogen) atoms. The van der Waals surface area contributed by atoms with Crippen molar-refractivity contribution < 1.29 is 27.5 Å². The molecule has 6 nitrogen and oxygen atoms in total. The summed E-state index contributed by atoms with van der Waals surface area (Å²) < 4.78 is 46.2. The van der Waals surface area contributed by atoms with Crippen LogP contribution in [0.3, 0.4) is 0 Å². The summed E-state index contributed by atoms with van der Waals surface area (Å²) in [6.07, 6.45) is -3.56. The minimum atomic E-state index is -4.89. The lowest BCUT2D eigenvalue weighted by Crippen LogP contribution is -2.19. The Kier molecular flexibility index (Phi) is 5.69. The minimum absolute atomic E-state index is 0.0850. The lowest BCUT2D eigenvalue weighted by molar-refractivity contribution is -0.143. The van der Waals surface area contributed by atoms with E-state index in [0.717, 1.165) is 6.20 Å². The number of carbonyl (C=O) groups is 2. The number of pyridine rings is 1. The molecule has 2 heterocycles. The minimum Gasteiger partial charge on any atom is -0.462 e. The first-order valence-corrected chi connectivity index (χ1v) is 8.69. The summed E-state index contributed by atoms with van der Waals surface area (Å²) >= 11 is 6.01. The fraction of sp³-hybridized carbons (Fsp3) is 0.158. The van der Waals surface area contributed by atoms with Crippen molar-refractivity contribution in [1.29, 1.82) is 0 Å². The van der Waals surface area contributed by atoms with E-state index in [1.165, 1.54) is 31.2 Å². The third-order valence-electron chi connectivity index (χ3n) is 3.93. The van der Waals surface area contributed by atoms with E-state index in [-0.39, 0.29) is 28.7 Å². The largest absolute Gasteiger partial charge is 0.462 e. The maximum atomic E-state index is 13.7. The lowest BCUT2D eigenvalue weighted by Gasteiger charge is -2.13. The Morgan fingerprint density at radius 3 is 2.62 bits per heavy atom. The number of alkyl halides is 3. The van der Waals surface area contributed by atoms with Gasteiger partial charge in [-0.1, -0.05) is 29.8 Å². The SMILES string of the molecule is CCOC(=O)c1cnn(-c2cccc(-c3cccc(Cl)c3C=O)n2)c1C(F)(F)F. The summed E-state index contributed by atoms with van der Waals surface area (Å²) in [4.78, 5) is 27.5. The van der Waals surface area contributed by atoms with Crippen molar-refractivity contribution in [1.82, 2.24) is 14.8 Å². The Hall–Kier alpha value is -3.20. The lowest BCUT2D eigenvalue weighted by atomic mass is 10.0. The number of aromatic nitrogens is 3. The first-order chi connectivity index (χ1) is 13.8. The van der Waals surface area contributed by atoms with Crippen LogP contribution in [0.2, 0.25) is 5.02 Å². The van der Waals surface area contributed by atoms with Crippen LogP contribution in [0.15, 0.2) is 42.6 Å². The smallest absolute Gasteiger partial charge is 0.434 e. The van der Waals surface area contributed by atoms with Crippen LogP contribution in [0.4, 0.5) is 13.2 Å². The van der Waals surface area contributed by atoms with Crippen LogP contribution in [-0.2, 0) is 10.9 Å². The number of aldehydes is 1. The Morgan fingerprint density at radius 2 is 1.97 bits per heavy atom. The average Bonchev–Trinajstić information content (AvgIpc) is 3.14. The van der Waals surface area contributed by atoms with Gasteiger partial charge in [-0.3, -0.25) is 4.79 Å². The van der Waals surface area contributed by atoms with Gasteiger partial charge in [0.1, 0.15) is 5.56 Å². The molecule has 150 valence electrons. The van der Waals surface area contributed by atoms with E-state index in [9.17, 15) is 22.8 Å². The van der Waals surface area contributed by atoms with Gasteiger partial charge in [-0.05, 0) is 25.1 Å². The maximum absolute atomic E-state index is 13.7. The quantitative estimate of drug-likeness (QED) is 0.443. The molecular formula is C19H13ClF3N3O3. The first-order valence-electron chi connectivity index (χ1n) is 8.31. The molecule has 0 unspecified atom stereocenters. The molecule has 0 amide bonds. The zero-order valence-corrected chi connectivity index (χ0v) is 15.7. The van der Waals surface area contributed by atoms with Crippen molar-refractivity contribution >= 4 is 23.9 Å². The highest BCUT2D eigenvalue weighted by molar-refractivity contribution is 6.33. The molecular weight excluding hydrogens is 411 g/mol. The predicted octanol–water partition coefficient (Wildman–Crippen LogP) is 4.60. The summed E-state index contributed by atoms with van der Waals surface area (Å²) in [7, 11) is 0. The predicted molar refractivity (Wildman–Crippen MR) is 98.2 cm³/mol. The molecule has 3 aromatic rings. The number of carbonyl (C=O) groups excluding carboxylic acids is 2. The summed E-state index contributed by atoms with van der Waals surface area (Å²) in [5.41, 5.74) is -1.30. The molecule has 0 atom stereocenters. The molecule has 0 spiro atoms. The monoisotopic (exact) mass is 423 g/mol. The molecule has 0 saturated carbocycles. The van der Waals surface area contributed by atoms with E-state index in [1.807, 2.05) is 0 Å². The van der Waals surface area contributed by atoms with E-state index in [2.05, 4.69) is 14.8 Å². The van der Waals surface area contributed by atoms with Crippen LogP contribution >= 0.6 is 11.6 Å². The van der Waals surface area contributed by atoms with Crippen molar-refractivity contribution in [3.63, 3.8) is 0 Å². The van der Waals surface area contributed by atoms with Crippen LogP contribution < -0.4 is 0 Å². The van der Waals surface area contributed by atoms with Gasteiger partial charge in [-0.25, -0.2) is 14.5 Å². The zero-order valence-electron chi connectivity index (χ0n) is 14.9. The van der Waals surface area contributed by atoms with Gasteiger partial charge in [0.05, 0.1) is 23.5 Å². The third-order valence-corrected chi connectivity index (χ3v) is 4.26. The van der Waals surface area contributed by atoms with E-state index in [1.54, 1.807) is 12.1 Å². The van der Waals surface area contributed by atoms with Crippen LogP contribution in [0.5, 0.6) is 0 Å². The summed E-state index contributed by atoms with van der Waals surface area (Å²) in [6, 6.07) is 8.95. The molecule has 3 rings (SSSR count). The second-order valence-corrected chi connectivity index (χ2v) is 6.14. The van der Waals surface area contributed by atoms with Gasteiger partial charge in [0.25, 0.3) is 0 Å². The Labute approximate surface area is 167 Å². The first kappa shape index (κ1) is 20.5. The van der Waals surface area contributed by atoms with E-state index in [0.29, 0.717) is 16.5 Å².